The van der Waals surface area contributed by atoms with Crippen LogP contribution in [0.3, 0.4) is 0 Å². The second kappa shape index (κ2) is 7.07. The number of benzene rings is 2. The highest BCUT2D eigenvalue weighted by Gasteiger charge is 1.88. The van der Waals surface area contributed by atoms with Crippen LogP contribution in [-0.2, 0) is 0 Å². The first-order chi connectivity index (χ1) is 9.38. The summed E-state index contributed by atoms with van der Waals surface area (Å²) in [6.07, 6.45) is 8.21. The van der Waals surface area contributed by atoms with E-state index in [1.165, 1.54) is 5.56 Å². The van der Waals surface area contributed by atoms with Gasteiger partial charge in [0.25, 0.3) is 0 Å². The molecule has 2 rings (SSSR count). The maximum atomic E-state index is 3.97. The zero-order chi connectivity index (χ0) is 13.3. The fourth-order valence-corrected chi connectivity index (χ4v) is 1.67. The third kappa shape index (κ3) is 4.36. The zero-order valence-corrected chi connectivity index (χ0v) is 10.9. The summed E-state index contributed by atoms with van der Waals surface area (Å²) >= 11 is 0. The van der Waals surface area contributed by atoms with E-state index >= 15 is 0 Å². The molecule has 0 atom stereocenters. The molecule has 0 N–H and O–H groups in total. The van der Waals surface area contributed by atoms with Gasteiger partial charge in [-0.3, -0.25) is 0 Å². The molecule has 0 saturated carbocycles. The van der Waals surface area contributed by atoms with Crippen LogP contribution in [0.25, 0.3) is 12.2 Å². The van der Waals surface area contributed by atoms with Gasteiger partial charge in [-0.15, -0.1) is 0 Å². The van der Waals surface area contributed by atoms with Crippen LogP contribution >= 0.6 is 0 Å². The topological polar surface area (TPSA) is 24.7 Å². The highest BCUT2D eigenvalue weighted by Crippen LogP contribution is 2.14. The van der Waals surface area contributed by atoms with Crippen molar-refractivity contribution in [3.8, 4) is 0 Å². The molecular formula is C17H16N2. The lowest BCUT2D eigenvalue weighted by atomic mass is 10.2. The number of azo groups is 1. The van der Waals surface area contributed by atoms with Crippen LogP contribution in [0.5, 0.6) is 0 Å². The van der Waals surface area contributed by atoms with Crippen LogP contribution in [0.2, 0.25) is 0 Å². The lowest BCUT2D eigenvalue weighted by Gasteiger charge is -1.93. The van der Waals surface area contributed by atoms with E-state index in [0.29, 0.717) is 0 Å². The van der Waals surface area contributed by atoms with E-state index in [1.807, 2.05) is 54.6 Å². The number of allylic oxidation sites excluding steroid dienone is 2. The smallest absolute Gasteiger partial charge is 0.0852 e. The molecule has 0 spiro atoms. The number of hydrogen-bond acceptors (Lipinski definition) is 2. The summed E-state index contributed by atoms with van der Waals surface area (Å²) in [6, 6.07) is 18.2. The van der Waals surface area contributed by atoms with Crippen molar-refractivity contribution in [2.75, 3.05) is 7.05 Å². The molecule has 0 aliphatic heterocycles. The standard InChI is InChI=1S/C17H16N2/c1-18-19-17-13-11-16(12-14-17)10-6-5-9-15-7-3-2-4-8-15/h2-14H,1H3/b9-5+,10-6+,19-18?. The van der Waals surface area contributed by atoms with E-state index in [-0.39, 0.29) is 0 Å². The Kier molecular flexibility index (Phi) is 4.82. The monoisotopic (exact) mass is 248 g/mol. The average molecular weight is 248 g/mol. The van der Waals surface area contributed by atoms with Gasteiger partial charge in [-0.25, -0.2) is 0 Å². The lowest BCUT2D eigenvalue weighted by molar-refractivity contribution is 1.17. The van der Waals surface area contributed by atoms with Crippen LogP contribution in [0.4, 0.5) is 5.69 Å². The maximum absolute atomic E-state index is 3.97. The minimum atomic E-state index is 0.875. The summed E-state index contributed by atoms with van der Waals surface area (Å²) in [4.78, 5) is 0. The zero-order valence-electron chi connectivity index (χ0n) is 10.9. The predicted octanol–water partition coefficient (Wildman–Crippen LogP) is 5.13. The van der Waals surface area contributed by atoms with Crippen LogP contribution in [-0.4, -0.2) is 7.05 Å². The van der Waals surface area contributed by atoms with Crippen LogP contribution < -0.4 is 0 Å². The van der Waals surface area contributed by atoms with E-state index < -0.39 is 0 Å². The summed E-state index contributed by atoms with van der Waals surface area (Å²) in [5.74, 6) is 0. The minimum absolute atomic E-state index is 0.875. The fraction of sp³-hybridized carbons (Fsp3) is 0.0588. The Labute approximate surface area is 113 Å². The predicted molar refractivity (Wildman–Crippen MR) is 81.4 cm³/mol. The van der Waals surface area contributed by atoms with E-state index in [0.717, 1.165) is 11.3 Å². The highest BCUT2D eigenvalue weighted by molar-refractivity contribution is 5.58. The second-order valence-corrected chi connectivity index (χ2v) is 4.02. The normalized spacial score (nSPS) is 11.8. The summed E-state index contributed by atoms with van der Waals surface area (Å²) in [5, 5.41) is 7.71. The van der Waals surface area contributed by atoms with Crippen LogP contribution in [0.15, 0.2) is 77.0 Å². The SMILES string of the molecule is CN=Nc1ccc(/C=C/C=C/c2ccccc2)cc1. The van der Waals surface area contributed by atoms with Crippen molar-refractivity contribution in [1.29, 1.82) is 0 Å². The maximum Gasteiger partial charge on any atom is 0.0852 e. The molecule has 0 saturated heterocycles. The van der Waals surface area contributed by atoms with Gasteiger partial charge in [0.2, 0.25) is 0 Å². The van der Waals surface area contributed by atoms with Crippen molar-refractivity contribution >= 4 is 17.8 Å². The molecular weight excluding hydrogens is 232 g/mol. The molecule has 19 heavy (non-hydrogen) atoms. The fourth-order valence-electron chi connectivity index (χ4n) is 1.67. The molecule has 0 radical (unpaired) electrons. The molecule has 2 aromatic carbocycles. The van der Waals surface area contributed by atoms with Crippen molar-refractivity contribution in [2.24, 2.45) is 10.2 Å². The van der Waals surface area contributed by atoms with Crippen molar-refractivity contribution in [1.82, 2.24) is 0 Å². The molecule has 2 heteroatoms. The van der Waals surface area contributed by atoms with Crippen molar-refractivity contribution in [2.45, 2.75) is 0 Å². The second-order valence-electron chi connectivity index (χ2n) is 4.02. The van der Waals surface area contributed by atoms with E-state index in [9.17, 15) is 0 Å². The van der Waals surface area contributed by atoms with Gasteiger partial charge in [-0.1, -0.05) is 66.8 Å². The summed E-state index contributed by atoms with van der Waals surface area (Å²) in [5.41, 5.74) is 3.22. The molecule has 0 amide bonds. The Morgan fingerprint density at radius 3 is 1.89 bits per heavy atom. The Morgan fingerprint density at radius 2 is 1.32 bits per heavy atom. The molecule has 0 bridgehead atoms. The van der Waals surface area contributed by atoms with E-state index in [1.54, 1.807) is 7.05 Å². The van der Waals surface area contributed by atoms with Gasteiger partial charge in [0.1, 0.15) is 0 Å². The Bertz CT molecular complexity index is 578. The number of nitrogens with zero attached hydrogens (tertiary/aromatic N) is 2. The summed E-state index contributed by atoms with van der Waals surface area (Å²) in [7, 11) is 1.67. The third-order valence-electron chi connectivity index (χ3n) is 2.60. The molecule has 0 aromatic heterocycles. The van der Waals surface area contributed by atoms with Crippen molar-refractivity contribution < 1.29 is 0 Å². The lowest BCUT2D eigenvalue weighted by Crippen LogP contribution is -1.70. The summed E-state index contributed by atoms with van der Waals surface area (Å²) in [6.45, 7) is 0. The Hall–Kier alpha value is -2.48. The van der Waals surface area contributed by atoms with Crippen molar-refractivity contribution in [3.63, 3.8) is 0 Å². The molecule has 2 aromatic rings. The number of rotatable bonds is 4. The largest absolute Gasteiger partial charge is 0.192 e. The molecule has 0 aliphatic rings. The van der Waals surface area contributed by atoms with Gasteiger partial charge in [-0.2, -0.15) is 10.2 Å². The first kappa shape index (κ1) is 13.0. The van der Waals surface area contributed by atoms with Crippen molar-refractivity contribution in [3.05, 3.63) is 77.9 Å². The molecule has 2 nitrogen and oxygen atoms in total. The van der Waals surface area contributed by atoms with Crippen LogP contribution in [0.1, 0.15) is 11.1 Å². The highest BCUT2D eigenvalue weighted by atomic mass is 15.1. The quantitative estimate of drug-likeness (QED) is 0.529. The van der Waals surface area contributed by atoms with E-state index in [4.69, 9.17) is 0 Å². The van der Waals surface area contributed by atoms with Gasteiger partial charge < -0.3 is 0 Å². The van der Waals surface area contributed by atoms with Gasteiger partial charge in [-0.05, 0) is 23.3 Å². The summed E-state index contributed by atoms with van der Waals surface area (Å²) < 4.78 is 0. The molecule has 0 heterocycles. The average Bonchev–Trinajstić information content (AvgIpc) is 2.47. The first-order valence-electron chi connectivity index (χ1n) is 6.18. The van der Waals surface area contributed by atoms with Gasteiger partial charge >= 0.3 is 0 Å². The molecule has 0 aliphatic carbocycles. The Balaban J connectivity index is 1.97. The van der Waals surface area contributed by atoms with Gasteiger partial charge in [0, 0.05) is 7.05 Å². The van der Waals surface area contributed by atoms with Gasteiger partial charge in [0.05, 0.1) is 5.69 Å². The first-order valence-corrected chi connectivity index (χ1v) is 6.18. The van der Waals surface area contributed by atoms with Crippen LogP contribution in [0, 0.1) is 0 Å². The minimum Gasteiger partial charge on any atom is -0.192 e. The van der Waals surface area contributed by atoms with Gasteiger partial charge in [0.15, 0.2) is 0 Å². The molecule has 0 fully saturated rings. The Morgan fingerprint density at radius 1 is 0.737 bits per heavy atom. The molecule has 0 unspecified atom stereocenters. The molecule has 94 valence electrons. The van der Waals surface area contributed by atoms with E-state index in [2.05, 4.69) is 34.5 Å². The number of hydrogen-bond donors (Lipinski definition) is 0. The third-order valence-corrected chi connectivity index (χ3v) is 2.60.